The number of carbonyl (C=O) groups is 1. The quantitative estimate of drug-likeness (QED) is 0.529. The molecule has 0 spiro atoms. The van der Waals surface area contributed by atoms with E-state index in [0.29, 0.717) is 9.87 Å². The third-order valence-electron chi connectivity index (χ3n) is 2.52. The summed E-state index contributed by atoms with van der Waals surface area (Å²) in [6.45, 7) is 1.01. The Balaban J connectivity index is 3.40. The third kappa shape index (κ3) is 3.09. The first-order valence-corrected chi connectivity index (χ1v) is 6.73. The number of aliphatic carboxylic acids is 1. The van der Waals surface area contributed by atoms with Gasteiger partial charge in [-0.25, -0.2) is 8.42 Å². The molecule has 8 heteroatoms. The van der Waals surface area contributed by atoms with Gasteiger partial charge < -0.3 is 16.2 Å². The van der Waals surface area contributed by atoms with Gasteiger partial charge in [-0.1, -0.05) is 0 Å². The number of sulfonamides is 1. The van der Waals surface area contributed by atoms with E-state index in [9.17, 15) is 13.2 Å². The Kier molecular flexibility index (Phi) is 4.28. The largest absolute Gasteiger partial charge is 0.480 e. The summed E-state index contributed by atoms with van der Waals surface area (Å²) in [7, 11) is -2.83. The number of hydrogen-bond donors (Lipinski definition) is 3. The van der Waals surface area contributed by atoms with Gasteiger partial charge in [0.2, 0.25) is 10.0 Å². The van der Waals surface area contributed by atoms with Gasteiger partial charge >= 0.3 is 5.97 Å². The summed E-state index contributed by atoms with van der Waals surface area (Å²) < 4.78 is 25.1. The van der Waals surface area contributed by atoms with Crippen LogP contribution in [0.5, 0.6) is 0 Å². The van der Waals surface area contributed by atoms with Gasteiger partial charge in [-0.2, -0.15) is 4.31 Å². The summed E-state index contributed by atoms with van der Waals surface area (Å²) in [6, 6.07) is 2.94. The molecule has 0 aliphatic carbocycles. The Labute approximate surface area is 111 Å². The lowest BCUT2D eigenvalue weighted by Crippen LogP contribution is -2.32. The summed E-state index contributed by atoms with van der Waals surface area (Å²) in [4.78, 5) is 10.4. The monoisotopic (exact) mass is 285 g/mol. The van der Waals surface area contributed by atoms with Gasteiger partial charge in [0.25, 0.3) is 0 Å². The van der Waals surface area contributed by atoms with Crippen molar-refractivity contribution >= 4 is 27.9 Å². The zero-order valence-electron chi connectivity index (χ0n) is 10.5. The lowest BCUT2D eigenvalue weighted by atomic mass is 10.1. The highest BCUT2D eigenvalue weighted by Crippen LogP contribution is 2.25. The fraction of sp³-hybridized carbons (Fsp3) is 0.273. The fourth-order valence-corrected chi connectivity index (χ4v) is 2.91. The summed E-state index contributed by atoms with van der Waals surface area (Å²) in [6.07, 6.45) is 0.957. The second-order valence-electron chi connectivity index (χ2n) is 4.07. The number of nitrogen functional groups attached to an aromatic ring is 1. The number of carboxylic acid groups (broad SMARTS) is 1. The smallest absolute Gasteiger partial charge is 0.318 e. The van der Waals surface area contributed by atoms with Crippen molar-refractivity contribution in [1.82, 2.24) is 4.31 Å². The number of benzene rings is 1. The molecule has 1 aromatic carbocycles. The molecule has 0 aromatic heterocycles. The molecule has 0 saturated heterocycles. The normalized spacial score (nSPS) is 11.5. The van der Waals surface area contributed by atoms with Crippen LogP contribution >= 0.6 is 0 Å². The van der Waals surface area contributed by atoms with Crippen molar-refractivity contribution in [3.63, 3.8) is 0 Å². The van der Waals surface area contributed by atoms with Crippen molar-refractivity contribution in [2.45, 2.75) is 11.8 Å². The molecule has 0 aliphatic rings. The van der Waals surface area contributed by atoms with Crippen LogP contribution in [-0.2, 0) is 14.8 Å². The van der Waals surface area contributed by atoms with Crippen molar-refractivity contribution in [1.29, 1.82) is 5.41 Å². The predicted octanol–water partition coefficient (Wildman–Crippen LogP) is 0.280. The van der Waals surface area contributed by atoms with E-state index in [1.807, 2.05) is 0 Å². The summed E-state index contributed by atoms with van der Waals surface area (Å²) >= 11 is 0. The second-order valence-corrected chi connectivity index (χ2v) is 6.08. The third-order valence-corrected chi connectivity index (χ3v) is 4.36. The van der Waals surface area contributed by atoms with E-state index in [1.165, 1.54) is 6.07 Å². The van der Waals surface area contributed by atoms with Crippen LogP contribution in [0.1, 0.15) is 11.1 Å². The summed E-state index contributed by atoms with van der Waals surface area (Å²) in [5.41, 5.74) is 6.56. The summed E-state index contributed by atoms with van der Waals surface area (Å²) in [5.74, 6) is -1.26. The molecule has 0 heterocycles. The lowest BCUT2D eigenvalue weighted by Gasteiger charge is -2.17. The maximum absolute atomic E-state index is 12.2. The number of rotatable bonds is 5. The number of carboxylic acids is 1. The first-order valence-electron chi connectivity index (χ1n) is 5.29. The van der Waals surface area contributed by atoms with Crippen molar-refractivity contribution in [2.24, 2.45) is 0 Å². The minimum atomic E-state index is -4.00. The average molecular weight is 285 g/mol. The SMILES string of the molecule is Cc1cc(C=N)c(N)c(S(=O)(=O)N(C)CC(=O)O)c1. The molecule has 0 atom stereocenters. The Bertz CT molecular complexity index is 625. The van der Waals surface area contributed by atoms with E-state index in [0.717, 1.165) is 13.3 Å². The van der Waals surface area contributed by atoms with Gasteiger partial charge in [-0.05, 0) is 24.6 Å². The zero-order chi connectivity index (χ0) is 14.8. The first-order chi connectivity index (χ1) is 8.70. The van der Waals surface area contributed by atoms with E-state index in [-0.39, 0.29) is 16.1 Å². The Morgan fingerprint density at radius 2 is 2.11 bits per heavy atom. The molecule has 0 amide bonds. The van der Waals surface area contributed by atoms with Crippen LogP contribution in [0.2, 0.25) is 0 Å². The van der Waals surface area contributed by atoms with Crippen LogP contribution < -0.4 is 5.73 Å². The number of hydrogen-bond acceptors (Lipinski definition) is 5. The molecule has 1 aromatic rings. The first kappa shape index (κ1) is 15.1. The van der Waals surface area contributed by atoms with E-state index >= 15 is 0 Å². The number of nitrogens with two attached hydrogens (primary N) is 1. The maximum atomic E-state index is 12.2. The average Bonchev–Trinajstić information content (AvgIpc) is 2.30. The number of nitrogens with zero attached hydrogens (tertiary/aromatic N) is 1. The van der Waals surface area contributed by atoms with Crippen LogP contribution in [0.4, 0.5) is 5.69 Å². The predicted molar refractivity (Wildman–Crippen MR) is 70.9 cm³/mol. The highest BCUT2D eigenvalue weighted by atomic mass is 32.2. The Morgan fingerprint density at radius 3 is 2.58 bits per heavy atom. The number of likely N-dealkylation sites (N-methyl/N-ethyl adjacent to an activating group) is 1. The molecule has 4 N–H and O–H groups in total. The van der Waals surface area contributed by atoms with Crippen LogP contribution in [0.3, 0.4) is 0 Å². The molecule has 0 aliphatic heterocycles. The minimum Gasteiger partial charge on any atom is -0.480 e. The minimum absolute atomic E-state index is 0.0576. The van der Waals surface area contributed by atoms with Gasteiger partial charge in [0.1, 0.15) is 11.4 Å². The van der Waals surface area contributed by atoms with E-state index in [1.54, 1.807) is 13.0 Å². The molecular formula is C11H15N3O4S. The van der Waals surface area contributed by atoms with Crippen LogP contribution in [0.25, 0.3) is 0 Å². The fourth-order valence-electron chi connectivity index (χ4n) is 1.57. The lowest BCUT2D eigenvalue weighted by molar-refractivity contribution is -0.137. The molecule has 0 radical (unpaired) electrons. The second kappa shape index (κ2) is 5.37. The van der Waals surface area contributed by atoms with E-state index in [4.69, 9.17) is 16.2 Å². The van der Waals surface area contributed by atoms with Gasteiger partial charge in [0.05, 0.1) is 5.69 Å². The van der Waals surface area contributed by atoms with E-state index in [2.05, 4.69) is 0 Å². The molecule has 0 saturated carbocycles. The molecule has 19 heavy (non-hydrogen) atoms. The highest BCUT2D eigenvalue weighted by Gasteiger charge is 2.26. The molecule has 1 rings (SSSR count). The van der Waals surface area contributed by atoms with Crippen molar-refractivity contribution in [2.75, 3.05) is 19.3 Å². The Morgan fingerprint density at radius 1 is 1.53 bits per heavy atom. The van der Waals surface area contributed by atoms with Crippen LogP contribution in [0.15, 0.2) is 17.0 Å². The van der Waals surface area contributed by atoms with Crippen LogP contribution in [0, 0.1) is 12.3 Å². The van der Waals surface area contributed by atoms with Gasteiger partial charge in [-0.3, -0.25) is 4.79 Å². The topological polar surface area (TPSA) is 125 Å². The van der Waals surface area contributed by atoms with Crippen molar-refractivity contribution < 1.29 is 18.3 Å². The molecule has 0 unspecified atom stereocenters. The molecule has 7 nitrogen and oxygen atoms in total. The molecule has 104 valence electrons. The number of aryl methyl sites for hydroxylation is 1. The van der Waals surface area contributed by atoms with Crippen molar-refractivity contribution in [3.8, 4) is 0 Å². The van der Waals surface area contributed by atoms with Crippen LogP contribution in [-0.4, -0.2) is 43.6 Å². The number of anilines is 1. The number of nitrogens with one attached hydrogen (secondary N) is 1. The van der Waals surface area contributed by atoms with E-state index < -0.39 is 22.5 Å². The maximum Gasteiger partial charge on any atom is 0.318 e. The molecular weight excluding hydrogens is 270 g/mol. The van der Waals surface area contributed by atoms with Gasteiger partial charge in [0, 0.05) is 18.8 Å². The zero-order valence-corrected chi connectivity index (χ0v) is 11.4. The Hall–Kier alpha value is -1.93. The standard InChI is InChI=1S/C11H15N3O4S/c1-7-3-8(5-12)11(13)9(4-7)19(17,18)14(2)6-10(15)16/h3-5,12H,6,13H2,1-2H3,(H,15,16). The van der Waals surface area contributed by atoms with Gasteiger partial charge in [-0.15, -0.1) is 0 Å². The highest BCUT2D eigenvalue weighted by molar-refractivity contribution is 7.89. The molecule has 0 fully saturated rings. The van der Waals surface area contributed by atoms with Gasteiger partial charge in [0.15, 0.2) is 0 Å². The molecule has 0 bridgehead atoms. The summed E-state index contributed by atoms with van der Waals surface area (Å²) in [5, 5.41) is 15.8. The van der Waals surface area contributed by atoms with Crippen molar-refractivity contribution in [3.05, 3.63) is 23.3 Å².